The van der Waals surface area contributed by atoms with Crippen molar-refractivity contribution in [3.63, 3.8) is 0 Å². The Morgan fingerprint density at radius 1 is 1.36 bits per heavy atom. The highest BCUT2D eigenvalue weighted by Gasteiger charge is 2.31. The summed E-state index contributed by atoms with van der Waals surface area (Å²) in [4.78, 5) is 8.05. The number of methoxy groups -OCH3 is 1. The quantitative estimate of drug-likeness (QED) is 0.697. The van der Waals surface area contributed by atoms with Crippen LogP contribution in [0.3, 0.4) is 0 Å². The largest absolute Gasteiger partial charge is 0.484 e. The highest BCUT2D eigenvalue weighted by atomic mass is 19.2. The molecule has 0 bridgehead atoms. The highest BCUT2D eigenvalue weighted by Crippen LogP contribution is 2.33. The Labute approximate surface area is 146 Å². The lowest BCUT2D eigenvalue weighted by molar-refractivity contribution is 0.0788. The molecule has 1 aliphatic rings. The second kappa shape index (κ2) is 8.75. The summed E-state index contributed by atoms with van der Waals surface area (Å²) in [6.45, 7) is 4.39. The van der Waals surface area contributed by atoms with Crippen LogP contribution in [0.1, 0.15) is 26.7 Å². The van der Waals surface area contributed by atoms with E-state index in [4.69, 9.17) is 15.2 Å². The van der Waals surface area contributed by atoms with Gasteiger partial charge in [-0.3, -0.25) is 0 Å². The van der Waals surface area contributed by atoms with E-state index in [0.717, 1.165) is 18.9 Å². The number of allylic oxidation sites excluding steroid dienone is 2. The van der Waals surface area contributed by atoms with Crippen LogP contribution in [0.2, 0.25) is 0 Å². The maximum absolute atomic E-state index is 13.7. The summed E-state index contributed by atoms with van der Waals surface area (Å²) in [5.41, 5.74) is 6.12. The number of aromatic nitrogens is 2. The number of unbranched alkanes of at least 4 members (excludes halogenated alkanes) is 1. The molecule has 2 rings (SSSR count). The predicted molar refractivity (Wildman–Crippen MR) is 92.6 cm³/mol. The van der Waals surface area contributed by atoms with Crippen LogP contribution in [0.15, 0.2) is 29.5 Å². The zero-order chi connectivity index (χ0) is 18.4. The van der Waals surface area contributed by atoms with E-state index in [1.54, 1.807) is 6.92 Å². The molecule has 2 atom stereocenters. The number of nitrogens with one attached hydrogen (secondary N) is 1. The Bertz CT molecular complexity index is 664. The fourth-order valence-corrected chi connectivity index (χ4v) is 2.63. The van der Waals surface area contributed by atoms with Crippen LogP contribution in [0, 0.1) is 5.92 Å². The lowest BCUT2D eigenvalue weighted by atomic mass is 9.91. The van der Waals surface area contributed by atoms with Crippen LogP contribution in [-0.2, 0) is 4.74 Å². The van der Waals surface area contributed by atoms with E-state index in [9.17, 15) is 8.78 Å². The molecule has 0 aliphatic heterocycles. The Morgan fingerprint density at radius 3 is 2.80 bits per heavy atom. The predicted octanol–water partition coefficient (Wildman–Crippen LogP) is 3.39. The third-order valence-electron chi connectivity index (χ3n) is 4.00. The Morgan fingerprint density at radius 2 is 2.12 bits per heavy atom. The lowest BCUT2D eigenvalue weighted by Crippen LogP contribution is -2.29. The van der Waals surface area contributed by atoms with E-state index in [0.29, 0.717) is 23.7 Å². The van der Waals surface area contributed by atoms with E-state index in [-0.39, 0.29) is 12.6 Å². The zero-order valence-electron chi connectivity index (χ0n) is 14.7. The first-order chi connectivity index (χ1) is 12.0. The van der Waals surface area contributed by atoms with Crippen molar-refractivity contribution in [1.82, 2.24) is 9.97 Å². The molecule has 25 heavy (non-hydrogen) atoms. The van der Waals surface area contributed by atoms with Gasteiger partial charge in [0.25, 0.3) is 0 Å². The Hall–Kier alpha value is -2.22. The number of nitrogen functional groups attached to an aromatic ring is 1. The Kier molecular flexibility index (Phi) is 6.69. The number of nitrogens with zero attached hydrogens (tertiary/aromatic N) is 2. The molecule has 0 aromatic carbocycles. The number of anilines is 2. The molecule has 0 fully saturated rings. The van der Waals surface area contributed by atoms with Crippen LogP contribution >= 0.6 is 0 Å². The first-order valence-electron chi connectivity index (χ1n) is 8.25. The van der Waals surface area contributed by atoms with Crippen molar-refractivity contribution in [2.75, 3.05) is 31.3 Å². The van der Waals surface area contributed by atoms with Gasteiger partial charge < -0.3 is 20.5 Å². The van der Waals surface area contributed by atoms with Gasteiger partial charge in [-0.2, -0.15) is 4.98 Å². The maximum Gasteiger partial charge on any atom is 0.222 e. The number of ether oxygens (including phenoxy) is 2. The van der Waals surface area contributed by atoms with E-state index in [2.05, 4.69) is 22.2 Å². The third-order valence-corrected chi connectivity index (χ3v) is 4.00. The zero-order valence-corrected chi connectivity index (χ0v) is 14.7. The van der Waals surface area contributed by atoms with E-state index in [1.807, 2.05) is 0 Å². The molecule has 1 aromatic rings. The molecule has 8 heteroatoms. The highest BCUT2D eigenvalue weighted by molar-refractivity contribution is 5.51. The first kappa shape index (κ1) is 19.1. The van der Waals surface area contributed by atoms with E-state index >= 15 is 0 Å². The topological polar surface area (TPSA) is 82.3 Å². The van der Waals surface area contributed by atoms with Crippen LogP contribution < -0.4 is 15.8 Å². The molecule has 1 aromatic heterocycles. The molecular formula is C17H24F2N4O2. The van der Waals surface area contributed by atoms with E-state index < -0.39 is 23.7 Å². The summed E-state index contributed by atoms with van der Waals surface area (Å²) in [6, 6.07) is 0. The molecule has 6 nitrogen and oxygen atoms in total. The smallest absolute Gasteiger partial charge is 0.222 e. The van der Waals surface area contributed by atoms with Gasteiger partial charge >= 0.3 is 0 Å². The van der Waals surface area contributed by atoms with Gasteiger partial charge in [0.15, 0.2) is 17.4 Å². The standard InChI is InChI=1S/C17H24F2N4O2/c1-4-5-6-21-16-13(8-22-17(20)23-16)25-9-11-7-12(18)14(19)10(2)15(11)24-3/h7-8,10,15H,4-6,9H2,1-3H3,(H3,20,21,22,23). The summed E-state index contributed by atoms with van der Waals surface area (Å²) < 4.78 is 38.5. The fraction of sp³-hybridized carbons (Fsp3) is 0.529. The van der Waals surface area contributed by atoms with Gasteiger partial charge in [-0.1, -0.05) is 20.3 Å². The number of rotatable bonds is 8. The second-order valence-electron chi connectivity index (χ2n) is 5.87. The third kappa shape index (κ3) is 4.66. The summed E-state index contributed by atoms with van der Waals surface area (Å²) in [6.07, 6.45) is 3.98. The summed E-state index contributed by atoms with van der Waals surface area (Å²) in [5, 5.41) is 3.14. The fourth-order valence-electron chi connectivity index (χ4n) is 2.63. The molecule has 0 amide bonds. The minimum Gasteiger partial charge on any atom is -0.484 e. The van der Waals surface area contributed by atoms with Crippen LogP contribution in [0.4, 0.5) is 20.5 Å². The van der Waals surface area contributed by atoms with Gasteiger partial charge in [0.1, 0.15) is 12.4 Å². The monoisotopic (exact) mass is 354 g/mol. The molecule has 138 valence electrons. The van der Waals surface area contributed by atoms with Crippen molar-refractivity contribution < 1.29 is 18.3 Å². The average molecular weight is 354 g/mol. The summed E-state index contributed by atoms with van der Waals surface area (Å²) >= 11 is 0. The molecule has 1 aliphatic carbocycles. The average Bonchev–Trinajstić information content (AvgIpc) is 2.59. The van der Waals surface area contributed by atoms with Crippen molar-refractivity contribution in [3.8, 4) is 5.75 Å². The minimum atomic E-state index is -0.894. The summed E-state index contributed by atoms with van der Waals surface area (Å²) in [7, 11) is 1.45. The van der Waals surface area contributed by atoms with Crippen LogP contribution in [0.25, 0.3) is 0 Å². The summed E-state index contributed by atoms with van der Waals surface area (Å²) in [5.74, 6) is -1.42. The van der Waals surface area contributed by atoms with Gasteiger partial charge in [0.2, 0.25) is 5.95 Å². The first-order valence-corrected chi connectivity index (χ1v) is 8.25. The number of hydrogen-bond acceptors (Lipinski definition) is 6. The second-order valence-corrected chi connectivity index (χ2v) is 5.87. The van der Waals surface area contributed by atoms with Crippen LogP contribution in [0.5, 0.6) is 5.75 Å². The van der Waals surface area contributed by atoms with Gasteiger partial charge in [-0.05, 0) is 18.1 Å². The van der Waals surface area contributed by atoms with Crippen molar-refractivity contribution in [3.05, 3.63) is 29.5 Å². The van der Waals surface area contributed by atoms with Crippen molar-refractivity contribution >= 4 is 11.8 Å². The Balaban J connectivity index is 2.13. The number of halogens is 2. The van der Waals surface area contributed by atoms with Crippen molar-refractivity contribution in [2.45, 2.75) is 32.8 Å². The minimum absolute atomic E-state index is 0.0271. The van der Waals surface area contributed by atoms with Gasteiger partial charge in [-0.15, -0.1) is 0 Å². The molecule has 2 unspecified atom stereocenters. The van der Waals surface area contributed by atoms with Crippen molar-refractivity contribution in [2.24, 2.45) is 5.92 Å². The molecule has 0 saturated heterocycles. The van der Waals surface area contributed by atoms with Crippen LogP contribution in [-0.4, -0.2) is 36.3 Å². The van der Waals surface area contributed by atoms with Crippen molar-refractivity contribution in [1.29, 1.82) is 0 Å². The molecule has 0 spiro atoms. The molecule has 1 heterocycles. The maximum atomic E-state index is 13.7. The molecular weight excluding hydrogens is 330 g/mol. The van der Waals surface area contributed by atoms with E-state index in [1.165, 1.54) is 13.3 Å². The lowest BCUT2D eigenvalue weighted by Gasteiger charge is -2.27. The SMILES string of the molecule is CCCCNc1nc(N)ncc1OCC1=CC(F)=C(F)C(C)C1OC. The normalized spacial score (nSPS) is 20.4. The van der Waals surface area contributed by atoms with Gasteiger partial charge in [0.05, 0.1) is 12.3 Å². The molecule has 0 saturated carbocycles. The number of hydrogen-bond donors (Lipinski definition) is 2. The molecule has 3 N–H and O–H groups in total. The van der Waals surface area contributed by atoms with Gasteiger partial charge in [-0.25, -0.2) is 13.8 Å². The van der Waals surface area contributed by atoms with Gasteiger partial charge in [0, 0.05) is 19.6 Å². The molecule has 0 radical (unpaired) electrons. The number of nitrogens with two attached hydrogens (primary N) is 1.